The maximum absolute atomic E-state index is 12.9. The van der Waals surface area contributed by atoms with E-state index in [1.807, 2.05) is 46.4 Å². The average molecular weight is 279 g/mol. The zero-order valence-corrected chi connectivity index (χ0v) is 13.8. The summed E-state index contributed by atoms with van der Waals surface area (Å²) in [5.41, 5.74) is -0.784. The van der Waals surface area contributed by atoms with Crippen molar-refractivity contribution < 1.29 is 9.59 Å². The van der Waals surface area contributed by atoms with Gasteiger partial charge in [-0.25, -0.2) is 0 Å². The van der Waals surface area contributed by atoms with Gasteiger partial charge in [0.05, 0.1) is 6.04 Å². The molecule has 0 aromatic carbocycles. The smallest absolute Gasteiger partial charge is 0.228 e. The molecule has 1 aliphatic carbocycles. The van der Waals surface area contributed by atoms with Gasteiger partial charge < -0.3 is 4.90 Å². The molecule has 2 fully saturated rings. The van der Waals surface area contributed by atoms with Crippen molar-refractivity contribution in [3.8, 4) is 0 Å². The van der Waals surface area contributed by atoms with Crippen LogP contribution in [-0.2, 0) is 9.59 Å². The molecule has 0 bridgehead atoms. The maximum Gasteiger partial charge on any atom is 0.228 e. The number of fused-ring (bicyclic) bond motifs is 1. The van der Waals surface area contributed by atoms with Crippen molar-refractivity contribution in [2.75, 3.05) is 6.54 Å². The second-order valence-corrected chi connectivity index (χ2v) is 8.62. The van der Waals surface area contributed by atoms with Crippen LogP contribution < -0.4 is 0 Å². The lowest BCUT2D eigenvalue weighted by Crippen LogP contribution is -2.50. The Morgan fingerprint density at radius 1 is 0.950 bits per heavy atom. The lowest BCUT2D eigenvalue weighted by Gasteiger charge is -2.35. The number of amides is 1. The molecule has 0 aromatic heterocycles. The van der Waals surface area contributed by atoms with Gasteiger partial charge in [-0.1, -0.05) is 48.0 Å². The van der Waals surface area contributed by atoms with Crippen LogP contribution in [0.2, 0.25) is 0 Å². The summed E-state index contributed by atoms with van der Waals surface area (Å²) < 4.78 is 0. The Labute approximate surface area is 123 Å². The van der Waals surface area contributed by atoms with Crippen molar-refractivity contribution in [2.24, 2.45) is 22.7 Å². The van der Waals surface area contributed by atoms with Gasteiger partial charge in [0, 0.05) is 17.4 Å². The number of ketones is 1. The van der Waals surface area contributed by atoms with Crippen molar-refractivity contribution in [1.82, 2.24) is 4.90 Å². The zero-order valence-electron chi connectivity index (χ0n) is 13.8. The Morgan fingerprint density at radius 2 is 1.55 bits per heavy atom. The van der Waals surface area contributed by atoms with Gasteiger partial charge in [-0.05, 0) is 24.7 Å². The van der Waals surface area contributed by atoms with Gasteiger partial charge in [0.1, 0.15) is 0 Å². The second kappa shape index (κ2) is 4.85. The maximum atomic E-state index is 12.9. The highest BCUT2D eigenvalue weighted by molar-refractivity contribution is 5.94. The van der Waals surface area contributed by atoms with Crippen LogP contribution >= 0.6 is 0 Å². The lowest BCUT2D eigenvalue weighted by atomic mass is 9.80. The molecule has 0 aromatic rings. The Morgan fingerprint density at radius 3 is 2.05 bits per heavy atom. The van der Waals surface area contributed by atoms with Gasteiger partial charge >= 0.3 is 0 Å². The number of nitrogens with zero attached hydrogens (tertiary/aromatic N) is 1. The predicted molar refractivity (Wildman–Crippen MR) is 80.2 cm³/mol. The Balaban J connectivity index is 2.31. The molecule has 0 radical (unpaired) electrons. The number of Topliss-reactive ketones (excluding diaryl/α,β-unsaturated/α-hetero) is 1. The number of rotatable bonds is 1. The van der Waals surface area contributed by atoms with Gasteiger partial charge in [0.2, 0.25) is 5.91 Å². The van der Waals surface area contributed by atoms with Gasteiger partial charge in [-0.3, -0.25) is 9.59 Å². The van der Waals surface area contributed by atoms with Gasteiger partial charge in [0.15, 0.2) is 5.78 Å². The summed E-state index contributed by atoms with van der Waals surface area (Å²) in [6.45, 7) is 12.5. The van der Waals surface area contributed by atoms with Crippen LogP contribution in [0.15, 0.2) is 0 Å². The average Bonchev–Trinajstić information content (AvgIpc) is 2.83. The number of hydrogen-bond donors (Lipinski definition) is 0. The van der Waals surface area contributed by atoms with E-state index in [2.05, 4.69) is 0 Å². The van der Waals surface area contributed by atoms with Crippen molar-refractivity contribution in [3.05, 3.63) is 0 Å². The molecule has 1 heterocycles. The van der Waals surface area contributed by atoms with E-state index >= 15 is 0 Å². The summed E-state index contributed by atoms with van der Waals surface area (Å²) in [4.78, 5) is 27.5. The highest BCUT2D eigenvalue weighted by Gasteiger charge is 2.52. The third kappa shape index (κ3) is 2.64. The molecular weight excluding hydrogens is 250 g/mol. The molecule has 3 atom stereocenters. The summed E-state index contributed by atoms with van der Waals surface area (Å²) >= 11 is 0. The van der Waals surface area contributed by atoms with Gasteiger partial charge in [-0.2, -0.15) is 0 Å². The zero-order chi connectivity index (χ0) is 15.3. The molecule has 1 aliphatic heterocycles. The van der Waals surface area contributed by atoms with Crippen LogP contribution in [0.25, 0.3) is 0 Å². The van der Waals surface area contributed by atoms with Crippen molar-refractivity contribution in [2.45, 2.75) is 66.8 Å². The predicted octanol–water partition coefficient (Wildman–Crippen LogP) is 3.27. The van der Waals surface area contributed by atoms with E-state index in [4.69, 9.17) is 0 Å². The first-order valence-corrected chi connectivity index (χ1v) is 7.89. The molecule has 20 heavy (non-hydrogen) atoms. The third-order valence-electron chi connectivity index (χ3n) is 4.80. The minimum atomic E-state index is -0.408. The highest BCUT2D eigenvalue weighted by atomic mass is 16.2. The molecule has 1 saturated carbocycles. The largest absolute Gasteiger partial charge is 0.332 e. The van der Waals surface area contributed by atoms with Crippen LogP contribution in [0.3, 0.4) is 0 Å². The van der Waals surface area contributed by atoms with Crippen molar-refractivity contribution in [1.29, 1.82) is 0 Å². The molecule has 0 N–H and O–H groups in total. The molecule has 3 heteroatoms. The Kier molecular flexibility index (Phi) is 3.77. The van der Waals surface area contributed by atoms with E-state index in [-0.39, 0.29) is 23.1 Å². The topological polar surface area (TPSA) is 37.4 Å². The fourth-order valence-corrected chi connectivity index (χ4v) is 3.72. The van der Waals surface area contributed by atoms with Crippen LogP contribution in [0, 0.1) is 22.7 Å². The van der Waals surface area contributed by atoms with E-state index in [0.717, 1.165) is 13.0 Å². The summed E-state index contributed by atoms with van der Waals surface area (Å²) in [5, 5.41) is 0. The lowest BCUT2D eigenvalue weighted by molar-refractivity contribution is -0.147. The van der Waals surface area contributed by atoms with E-state index in [9.17, 15) is 9.59 Å². The van der Waals surface area contributed by atoms with E-state index in [1.54, 1.807) is 0 Å². The number of carbonyl (C=O) groups is 2. The fraction of sp³-hybridized carbons (Fsp3) is 0.882. The minimum absolute atomic E-state index is 0.134. The molecule has 0 spiro atoms. The quantitative estimate of drug-likeness (QED) is 0.738. The fourth-order valence-electron chi connectivity index (χ4n) is 3.72. The monoisotopic (exact) mass is 279 g/mol. The number of likely N-dealkylation sites (tertiary alicyclic amines) is 1. The summed E-state index contributed by atoms with van der Waals surface area (Å²) in [5.74, 6) is 1.31. The highest BCUT2D eigenvalue weighted by Crippen LogP contribution is 2.45. The van der Waals surface area contributed by atoms with E-state index in [0.29, 0.717) is 11.8 Å². The number of carbonyl (C=O) groups excluding carboxylic acids is 2. The first-order valence-electron chi connectivity index (χ1n) is 7.89. The molecule has 1 saturated heterocycles. The van der Waals surface area contributed by atoms with Crippen LogP contribution in [0.1, 0.15) is 60.8 Å². The molecule has 3 unspecified atom stereocenters. The standard InChI is InChI=1S/C17H29NO2/c1-16(2,3)14(19)13-12-9-7-8-11(12)10-18(13)15(20)17(4,5)6/h11-13H,7-10H2,1-6H3. The summed E-state index contributed by atoms with van der Waals surface area (Å²) in [6, 6.07) is -0.186. The van der Waals surface area contributed by atoms with Crippen molar-refractivity contribution in [3.63, 3.8) is 0 Å². The second-order valence-electron chi connectivity index (χ2n) is 8.62. The van der Waals surface area contributed by atoms with E-state index < -0.39 is 5.41 Å². The summed E-state index contributed by atoms with van der Waals surface area (Å²) in [6.07, 6.45) is 3.48. The van der Waals surface area contributed by atoms with Crippen molar-refractivity contribution >= 4 is 11.7 Å². The number of hydrogen-bond acceptors (Lipinski definition) is 2. The first-order chi connectivity index (χ1) is 9.03. The van der Waals surface area contributed by atoms with E-state index in [1.165, 1.54) is 12.8 Å². The van der Waals surface area contributed by atoms with Gasteiger partial charge in [-0.15, -0.1) is 0 Å². The third-order valence-corrected chi connectivity index (χ3v) is 4.80. The molecule has 3 nitrogen and oxygen atoms in total. The molecule has 2 aliphatic rings. The molecule has 2 rings (SSSR count). The minimum Gasteiger partial charge on any atom is -0.332 e. The normalized spacial score (nSPS) is 30.5. The molecule has 1 amide bonds. The van der Waals surface area contributed by atoms with Crippen LogP contribution in [0.4, 0.5) is 0 Å². The molecule has 114 valence electrons. The summed E-state index contributed by atoms with van der Waals surface area (Å²) in [7, 11) is 0. The van der Waals surface area contributed by atoms with Crippen LogP contribution in [-0.4, -0.2) is 29.2 Å². The van der Waals surface area contributed by atoms with Crippen LogP contribution in [0.5, 0.6) is 0 Å². The molecular formula is C17H29NO2. The Hall–Kier alpha value is -0.860. The first kappa shape index (κ1) is 15.5. The SMILES string of the molecule is CC(C)(C)C(=O)C1C2CCCC2CN1C(=O)C(C)(C)C. The Bertz CT molecular complexity index is 414. The van der Waals surface area contributed by atoms with Gasteiger partial charge in [0.25, 0.3) is 0 Å².